The van der Waals surface area contributed by atoms with Crippen LogP contribution in [0.2, 0.25) is 5.02 Å². The summed E-state index contributed by atoms with van der Waals surface area (Å²) in [5.74, 6) is 0.324. The van der Waals surface area contributed by atoms with Gasteiger partial charge in [-0.15, -0.1) is 0 Å². The first-order valence-corrected chi connectivity index (χ1v) is 11.2. The fourth-order valence-corrected chi connectivity index (χ4v) is 4.32. The minimum Gasteiger partial charge on any atom is -0.465 e. The van der Waals surface area contributed by atoms with Crippen molar-refractivity contribution in [2.45, 2.75) is 19.4 Å². The van der Waals surface area contributed by atoms with Gasteiger partial charge in [-0.3, -0.25) is 9.69 Å². The predicted octanol–water partition coefficient (Wildman–Crippen LogP) is 2.84. The van der Waals surface area contributed by atoms with Crippen molar-refractivity contribution in [2.24, 2.45) is 0 Å². The highest BCUT2D eigenvalue weighted by Crippen LogP contribution is 2.20. The molecule has 2 N–H and O–H groups in total. The molecule has 0 atom stereocenters. The SMILES string of the molecule is O=C(O)NCCCc1nc2cccc(Cl)c2c(=O)n1N1CCN(Cc2ccc(F)cc2)CC1. The van der Waals surface area contributed by atoms with Crippen LogP contribution in [0.25, 0.3) is 10.9 Å². The quantitative estimate of drug-likeness (QED) is 0.513. The molecule has 10 heteroatoms. The van der Waals surface area contributed by atoms with Gasteiger partial charge in [0, 0.05) is 45.7 Å². The number of nitrogens with zero attached hydrogens (tertiary/aromatic N) is 4. The Morgan fingerprint density at radius 2 is 1.85 bits per heavy atom. The zero-order valence-corrected chi connectivity index (χ0v) is 18.8. The molecule has 0 unspecified atom stereocenters. The van der Waals surface area contributed by atoms with Crippen molar-refractivity contribution < 1.29 is 14.3 Å². The van der Waals surface area contributed by atoms with E-state index in [1.807, 2.05) is 5.01 Å². The van der Waals surface area contributed by atoms with Crippen LogP contribution < -0.4 is 15.9 Å². The molecule has 3 aromatic rings. The van der Waals surface area contributed by atoms with E-state index in [1.54, 1.807) is 35.0 Å². The van der Waals surface area contributed by atoms with Gasteiger partial charge in [0.15, 0.2) is 0 Å². The summed E-state index contributed by atoms with van der Waals surface area (Å²) in [4.78, 5) is 31.1. The number of halogens is 2. The molecule has 8 nitrogen and oxygen atoms in total. The first-order valence-electron chi connectivity index (χ1n) is 10.8. The lowest BCUT2D eigenvalue weighted by atomic mass is 10.2. The lowest BCUT2D eigenvalue weighted by Gasteiger charge is -2.37. The Morgan fingerprint density at radius 3 is 2.55 bits per heavy atom. The highest BCUT2D eigenvalue weighted by molar-refractivity contribution is 6.35. The minimum absolute atomic E-state index is 0.223. The maximum Gasteiger partial charge on any atom is 0.404 e. The number of carboxylic acid groups (broad SMARTS) is 1. The average Bonchev–Trinajstić information content (AvgIpc) is 2.79. The van der Waals surface area contributed by atoms with E-state index in [0.29, 0.717) is 54.2 Å². The number of aromatic nitrogens is 2. The lowest BCUT2D eigenvalue weighted by Crippen LogP contribution is -2.54. The van der Waals surface area contributed by atoms with Crippen molar-refractivity contribution in [1.29, 1.82) is 0 Å². The van der Waals surface area contributed by atoms with Gasteiger partial charge in [-0.25, -0.2) is 18.8 Å². The summed E-state index contributed by atoms with van der Waals surface area (Å²) in [5, 5.41) is 13.8. The largest absolute Gasteiger partial charge is 0.465 e. The fraction of sp³-hybridized carbons (Fsp3) is 0.348. The molecule has 2 heterocycles. The number of hydrogen-bond acceptors (Lipinski definition) is 5. The third kappa shape index (κ3) is 5.43. The van der Waals surface area contributed by atoms with Crippen LogP contribution in [0, 0.1) is 5.82 Å². The molecule has 1 fully saturated rings. The number of piperazine rings is 1. The molecule has 0 radical (unpaired) electrons. The van der Waals surface area contributed by atoms with E-state index in [9.17, 15) is 14.0 Å². The number of hydrogen-bond donors (Lipinski definition) is 2. The topological polar surface area (TPSA) is 90.7 Å². The van der Waals surface area contributed by atoms with Gasteiger partial charge in [-0.05, 0) is 36.2 Å². The minimum atomic E-state index is -1.08. The van der Waals surface area contributed by atoms with Crippen LogP contribution in [0.4, 0.5) is 9.18 Å². The third-order valence-corrected chi connectivity index (χ3v) is 6.01. The van der Waals surface area contributed by atoms with Crippen LogP contribution >= 0.6 is 11.6 Å². The summed E-state index contributed by atoms with van der Waals surface area (Å²) < 4.78 is 14.8. The van der Waals surface area contributed by atoms with E-state index in [-0.39, 0.29) is 17.9 Å². The van der Waals surface area contributed by atoms with Gasteiger partial charge in [-0.1, -0.05) is 29.8 Å². The Morgan fingerprint density at radius 1 is 1.12 bits per heavy atom. The van der Waals surface area contributed by atoms with Crippen molar-refractivity contribution in [3.8, 4) is 0 Å². The second-order valence-electron chi connectivity index (χ2n) is 7.97. The maximum absolute atomic E-state index is 13.5. The number of fused-ring (bicyclic) bond motifs is 1. The van der Waals surface area contributed by atoms with Crippen molar-refractivity contribution in [3.05, 3.63) is 75.0 Å². The predicted molar refractivity (Wildman–Crippen MR) is 125 cm³/mol. The molecule has 1 aliphatic rings. The monoisotopic (exact) mass is 473 g/mol. The van der Waals surface area contributed by atoms with Crippen LogP contribution in [-0.2, 0) is 13.0 Å². The van der Waals surface area contributed by atoms with E-state index < -0.39 is 6.09 Å². The van der Waals surface area contributed by atoms with E-state index in [4.69, 9.17) is 21.7 Å². The number of benzene rings is 2. The summed E-state index contributed by atoms with van der Waals surface area (Å²) in [6.45, 7) is 3.65. The summed E-state index contributed by atoms with van der Waals surface area (Å²) in [7, 11) is 0. The highest BCUT2D eigenvalue weighted by atomic mass is 35.5. The molecule has 2 aromatic carbocycles. The molecule has 33 heavy (non-hydrogen) atoms. The van der Waals surface area contributed by atoms with Crippen LogP contribution in [-0.4, -0.2) is 58.5 Å². The second-order valence-corrected chi connectivity index (χ2v) is 8.38. The normalized spacial score (nSPS) is 14.5. The number of carbonyl (C=O) groups is 1. The van der Waals surface area contributed by atoms with Gasteiger partial charge >= 0.3 is 6.09 Å². The molecule has 1 saturated heterocycles. The molecular weight excluding hydrogens is 449 g/mol. The summed E-state index contributed by atoms with van der Waals surface area (Å²) in [6, 6.07) is 11.7. The number of rotatable bonds is 7. The fourth-order valence-electron chi connectivity index (χ4n) is 4.07. The van der Waals surface area contributed by atoms with Crippen LogP contribution in [0.3, 0.4) is 0 Å². The Labute approximate surface area is 195 Å². The molecule has 4 rings (SSSR count). The Kier molecular flexibility index (Phi) is 7.10. The first-order chi connectivity index (χ1) is 15.9. The van der Waals surface area contributed by atoms with Gasteiger partial charge in [-0.2, -0.15) is 0 Å². The lowest BCUT2D eigenvalue weighted by molar-refractivity contribution is 0.194. The molecule has 174 valence electrons. The van der Waals surface area contributed by atoms with Gasteiger partial charge < -0.3 is 15.4 Å². The first kappa shape index (κ1) is 23.0. The Bertz CT molecular complexity index is 1190. The van der Waals surface area contributed by atoms with Gasteiger partial charge in [0.05, 0.1) is 15.9 Å². The second kappa shape index (κ2) is 10.2. The molecule has 1 aromatic heterocycles. The summed E-state index contributed by atoms with van der Waals surface area (Å²) in [5.41, 5.74) is 1.34. The Hall–Kier alpha value is -3.17. The smallest absolute Gasteiger partial charge is 0.404 e. The van der Waals surface area contributed by atoms with Gasteiger partial charge in [0.1, 0.15) is 11.6 Å². The zero-order chi connectivity index (χ0) is 23.4. The number of amides is 1. The van der Waals surface area contributed by atoms with Crippen molar-refractivity contribution in [1.82, 2.24) is 19.9 Å². The van der Waals surface area contributed by atoms with Gasteiger partial charge in [0.2, 0.25) is 0 Å². The standard InChI is InChI=1S/C23H25ClFN5O3/c24-18-3-1-4-19-21(18)22(31)30(20(27-19)5-2-10-26-23(32)33)29-13-11-28(12-14-29)15-16-6-8-17(25)9-7-16/h1,3-4,6-9,26H,2,5,10-15H2,(H,32,33). The average molecular weight is 474 g/mol. The summed E-state index contributed by atoms with van der Waals surface area (Å²) in [6.07, 6.45) is -0.133. The van der Waals surface area contributed by atoms with Gasteiger partial charge in [0.25, 0.3) is 5.56 Å². The summed E-state index contributed by atoms with van der Waals surface area (Å²) >= 11 is 6.33. The van der Waals surface area contributed by atoms with Crippen molar-refractivity contribution >= 4 is 28.6 Å². The molecular formula is C23H25ClFN5O3. The molecule has 0 aliphatic carbocycles. The third-order valence-electron chi connectivity index (χ3n) is 5.70. The van der Waals surface area contributed by atoms with E-state index in [0.717, 1.165) is 18.7 Å². The van der Waals surface area contributed by atoms with E-state index in [2.05, 4.69) is 10.2 Å². The molecule has 0 saturated carbocycles. The Balaban J connectivity index is 1.55. The van der Waals surface area contributed by atoms with E-state index in [1.165, 1.54) is 12.1 Å². The highest BCUT2D eigenvalue weighted by Gasteiger charge is 2.22. The molecule has 0 spiro atoms. The van der Waals surface area contributed by atoms with Crippen LogP contribution in [0.5, 0.6) is 0 Å². The maximum atomic E-state index is 13.5. The molecule has 1 amide bonds. The van der Waals surface area contributed by atoms with Crippen molar-refractivity contribution in [2.75, 3.05) is 37.7 Å². The van der Waals surface area contributed by atoms with Crippen LogP contribution in [0.15, 0.2) is 47.3 Å². The number of nitrogens with one attached hydrogen (secondary N) is 1. The number of aryl methyl sites for hydroxylation is 1. The van der Waals surface area contributed by atoms with Crippen molar-refractivity contribution in [3.63, 3.8) is 0 Å². The molecule has 0 bridgehead atoms. The zero-order valence-electron chi connectivity index (χ0n) is 18.0. The molecule has 1 aliphatic heterocycles. The van der Waals surface area contributed by atoms with E-state index >= 15 is 0 Å². The van der Waals surface area contributed by atoms with Crippen LogP contribution in [0.1, 0.15) is 17.8 Å².